The molecule has 0 unspecified atom stereocenters. The molecular weight excluding hydrogens is 321 g/mol. The number of halogens is 3. The van der Waals surface area contributed by atoms with Gasteiger partial charge >= 0.3 is 0 Å². The van der Waals surface area contributed by atoms with Crippen LogP contribution in [0.5, 0.6) is 0 Å². The maximum atomic E-state index is 12.9. The van der Waals surface area contributed by atoms with E-state index in [2.05, 4.69) is 20.7 Å². The van der Waals surface area contributed by atoms with Gasteiger partial charge in [0.2, 0.25) is 10.0 Å². The van der Waals surface area contributed by atoms with Gasteiger partial charge in [-0.1, -0.05) is 18.5 Å². The Balaban J connectivity index is 3.07. The van der Waals surface area contributed by atoms with Crippen molar-refractivity contribution in [3.63, 3.8) is 0 Å². The lowest BCUT2D eigenvalue weighted by Gasteiger charge is -2.10. The van der Waals surface area contributed by atoms with E-state index in [1.54, 1.807) is 6.92 Å². The Hall–Kier alpha value is -0.330. The molecule has 0 aliphatic carbocycles. The summed E-state index contributed by atoms with van der Waals surface area (Å²) in [6.45, 7) is 1.75. The smallest absolute Gasteiger partial charge is 0.232 e. The average Bonchev–Trinajstić information content (AvgIpc) is 2.11. The van der Waals surface area contributed by atoms with Crippen molar-refractivity contribution >= 4 is 43.2 Å². The van der Waals surface area contributed by atoms with E-state index in [1.165, 1.54) is 0 Å². The maximum absolute atomic E-state index is 12.9. The normalized spacial score (nSPS) is 11.5. The molecule has 0 atom stereocenters. The SMILES string of the molecule is CCCS(=O)(=O)Nc1c(Cl)cc(F)cc1Br. The third kappa shape index (κ3) is 3.61. The summed E-state index contributed by atoms with van der Waals surface area (Å²) in [5, 5.41) is 0.0200. The van der Waals surface area contributed by atoms with E-state index >= 15 is 0 Å². The zero-order valence-electron chi connectivity index (χ0n) is 8.43. The summed E-state index contributed by atoms with van der Waals surface area (Å²) in [6.07, 6.45) is 0.492. The Labute approximate surface area is 107 Å². The third-order valence-electron chi connectivity index (χ3n) is 1.74. The Morgan fingerprint density at radius 1 is 1.50 bits per heavy atom. The molecule has 0 amide bonds. The van der Waals surface area contributed by atoms with E-state index < -0.39 is 15.8 Å². The highest BCUT2D eigenvalue weighted by atomic mass is 79.9. The molecule has 0 aliphatic rings. The largest absolute Gasteiger partial charge is 0.281 e. The molecule has 0 heterocycles. The molecule has 0 saturated heterocycles. The lowest BCUT2D eigenvalue weighted by Crippen LogP contribution is -2.16. The molecular formula is C9H10BrClFNO2S. The van der Waals surface area contributed by atoms with Crippen LogP contribution in [0.15, 0.2) is 16.6 Å². The summed E-state index contributed by atoms with van der Waals surface area (Å²) in [7, 11) is -3.43. The van der Waals surface area contributed by atoms with Crippen molar-refractivity contribution in [2.45, 2.75) is 13.3 Å². The quantitative estimate of drug-likeness (QED) is 0.920. The van der Waals surface area contributed by atoms with Crippen LogP contribution in [-0.4, -0.2) is 14.2 Å². The van der Waals surface area contributed by atoms with Crippen molar-refractivity contribution < 1.29 is 12.8 Å². The second-order valence-corrected chi connectivity index (χ2v) is 6.27. The van der Waals surface area contributed by atoms with Crippen LogP contribution < -0.4 is 4.72 Å². The van der Waals surface area contributed by atoms with Crippen LogP contribution in [0.25, 0.3) is 0 Å². The van der Waals surface area contributed by atoms with Crippen molar-refractivity contribution in [3.8, 4) is 0 Å². The lowest BCUT2D eigenvalue weighted by molar-refractivity contribution is 0.599. The third-order valence-corrected chi connectivity index (χ3v) is 4.12. The first-order valence-corrected chi connectivity index (χ1v) is 7.33. The molecule has 0 aliphatic heterocycles. The fourth-order valence-electron chi connectivity index (χ4n) is 1.11. The van der Waals surface area contributed by atoms with E-state index in [4.69, 9.17) is 11.6 Å². The van der Waals surface area contributed by atoms with Gasteiger partial charge in [-0.05, 0) is 34.5 Å². The second kappa shape index (κ2) is 5.33. The van der Waals surface area contributed by atoms with Gasteiger partial charge in [-0.25, -0.2) is 12.8 Å². The van der Waals surface area contributed by atoms with Gasteiger partial charge < -0.3 is 0 Å². The summed E-state index contributed by atoms with van der Waals surface area (Å²) in [6, 6.07) is 2.20. The number of rotatable bonds is 4. The fourth-order valence-corrected chi connectivity index (χ4v) is 3.37. The van der Waals surface area contributed by atoms with E-state index in [9.17, 15) is 12.8 Å². The fraction of sp³-hybridized carbons (Fsp3) is 0.333. The second-order valence-electron chi connectivity index (χ2n) is 3.17. The highest BCUT2D eigenvalue weighted by molar-refractivity contribution is 9.10. The molecule has 0 radical (unpaired) electrons. The zero-order chi connectivity index (χ0) is 12.3. The molecule has 16 heavy (non-hydrogen) atoms. The molecule has 3 nitrogen and oxygen atoms in total. The van der Waals surface area contributed by atoms with Crippen LogP contribution in [0.4, 0.5) is 10.1 Å². The van der Waals surface area contributed by atoms with Gasteiger partial charge in [0.1, 0.15) is 5.82 Å². The predicted octanol–water partition coefficient (Wildman–Crippen LogP) is 3.39. The monoisotopic (exact) mass is 329 g/mol. The number of nitrogens with one attached hydrogen (secondary N) is 1. The maximum Gasteiger partial charge on any atom is 0.232 e. The van der Waals surface area contributed by atoms with Gasteiger partial charge in [0, 0.05) is 4.47 Å². The van der Waals surface area contributed by atoms with Gasteiger partial charge in [-0.2, -0.15) is 0 Å². The van der Waals surface area contributed by atoms with Crippen molar-refractivity contribution in [1.82, 2.24) is 0 Å². The summed E-state index contributed by atoms with van der Waals surface area (Å²) in [5.74, 6) is -0.539. The van der Waals surface area contributed by atoms with Crippen LogP contribution in [0.3, 0.4) is 0 Å². The molecule has 7 heteroatoms. The van der Waals surface area contributed by atoms with Gasteiger partial charge in [0.25, 0.3) is 0 Å². The minimum absolute atomic E-state index is 0.00680. The predicted molar refractivity (Wildman–Crippen MR) is 66.8 cm³/mol. The van der Waals surface area contributed by atoms with Crippen molar-refractivity contribution in [1.29, 1.82) is 0 Å². The number of sulfonamides is 1. The van der Waals surface area contributed by atoms with Crippen LogP contribution in [0.1, 0.15) is 13.3 Å². The zero-order valence-corrected chi connectivity index (χ0v) is 11.6. The molecule has 0 aromatic heterocycles. The van der Waals surface area contributed by atoms with Crippen LogP contribution in [0, 0.1) is 5.82 Å². The van der Waals surface area contributed by atoms with E-state index in [-0.39, 0.29) is 20.9 Å². The first kappa shape index (κ1) is 13.7. The minimum Gasteiger partial charge on any atom is -0.281 e. The van der Waals surface area contributed by atoms with Crippen LogP contribution in [0.2, 0.25) is 5.02 Å². The van der Waals surface area contributed by atoms with Crippen LogP contribution in [-0.2, 0) is 10.0 Å². The number of hydrogen-bond donors (Lipinski definition) is 1. The molecule has 1 N–H and O–H groups in total. The number of hydrogen-bond acceptors (Lipinski definition) is 2. The topological polar surface area (TPSA) is 46.2 Å². The van der Waals surface area contributed by atoms with Gasteiger partial charge in [0.15, 0.2) is 0 Å². The summed E-state index contributed by atoms with van der Waals surface area (Å²) >= 11 is 8.79. The Morgan fingerprint density at radius 3 is 2.62 bits per heavy atom. The van der Waals surface area contributed by atoms with E-state index in [1.807, 2.05) is 0 Å². The minimum atomic E-state index is -3.43. The molecule has 0 saturated carbocycles. The Kier molecular flexibility index (Phi) is 4.58. The standard InChI is InChI=1S/C9H10BrClFNO2S/c1-2-3-16(14,15)13-9-7(10)4-6(12)5-8(9)11/h4-5,13H,2-3H2,1H3. The Morgan fingerprint density at radius 2 is 2.12 bits per heavy atom. The molecule has 0 fully saturated rings. The summed E-state index contributed by atoms with van der Waals surface area (Å²) in [5.41, 5.74) is 0.163. The molecule has 1 rings (SSSR count). The highest BCUT2D eigenvalue weighted by Gasteiger charge is 2.15. The van der Waals surface area contributed by atoms with E-state index in [0.29, 0.717) is 6.42 Å². The van der Waals surface area contributed by atoms with E-state index in [0.717, 1.165) is 12.1 Å². The van der Waals surface area contributed by atoms with Crippen LogP contribution >= 0.6 is 27.5 Å². The number of benzene rings is 1. The molecule has 1 aromatic rings. The molecule has 0 spiro atoms. The number of anilines is 1. The van der Waals surface area contributed by atoms with Gasteiger partial charge in [0.05, 0.1) is 16.5 Å². The van der Waals surface area contributed by atoms with Crippen molar-refractivity contribution in [2.75, 3.05) is 10.5 Å². The summed E-state index contributed by atoms with van der Waals surface area (Å²) < 4.78 is 38.5. The highest BCUT2D eigenvalue weighted by Crippen LogP contribution is 2.32. The lowest BCUT2D eigenvalue weighted by atomic mass is 10.3. The molecule has 90 valence electrons. The van der Waals surface area contributed by atoms with Gasteiger partial charge in [-0.15, -0.1) is 0 Å². The first-order valence-electron chi connectivity index (χ1n) is 4.50. The summed E-state index contributed by atoms with van der Waals surface area (Å²) in [4.78, 5) is 0. The Bertz CT molecular complexity index is 469. The van der Waals surface area contributed by atoms with Crippen molar-refractivity contribution in [3.05, 3.63) is 27.4 Å². The molecule has 0 bridgehead atoms. The molecule has 1 aromatic carbocycles. The van der Waals surface area contributed by atoms with Crippen molar-refractivity contribution in [2.24, 2.45) is 0 Å². The average molecular weight is 331 g/mol. The van der Waals surface area contributed by atoms with Gasteiger partial charge in [-0.3, -0.25) is 4.72 Å². The first-order chi connectivity index (χ1) is 7.35.